The van der Waals surface area contributed by atoms with Crippen molar-refractivity contribution < 1.29 is 4.79 Å². The van der Waals surface area contributed by atoms with Gasteiger partial charge in [-0.1, -0.05) is 11.8 Å². The summed E-state index contributed by atoms with van der Waals surface area (Å²) >= 11 is 1.45. The molecule has 0 spiro atoms. The Hall–Kier alpha value is -1.11. The number of hydrogen-bond donors (Lipinski definition) is 0. The second kappa shape index (κ2) is 4.94. The van der Waals surface area contributed by atoms with Crippen LogP contribution < -0.4 is 0 Å². The Morgan fingerprint density at radius 3 is 2.71 bits per heavy atom. The highest BCUT2D eigenvalue weighted by atomic mass is 32.1. The van der Waals surface area contributed by atoms with Gasteiger partial charge in [0.05, 0.1) is 16.3 Å². The molecule has 2 nitrogen and oxygen atoms in total. The predicted octanol–water partition coefficient (Wildman–Crippen LogP) is 1.86. The van der Waals surface area contributed by atoms with Gasteiger partial charge in [0.15, 0.2) is 5.78 Å². The van der Waals surface area contributed by atoms with Crippen molar-refractivity contribution in [2.45, 2.75) is 6.92 Å². The molecule has 14 heavy (non-hydrogen) atoms. The fourth-order valence-electron chi connectivity index (χ4n) is 0.879. The molecule has 3 heteroatoms. The first-order chi connectivity index (χ1) is 6.59. The number of Topliss-reactive ketones (excluding diaryl/α,β-unsaturated/α-hetero) is 1. The van der Waals surface area contributed by atoms with Crippen molar-refractivity contribution in [2.75, 3.05) is 20.6 Å². The normalized spacial score (nSPS) is 9.71. The number of carbonyl (C=O) groups excluding carboxylic acids is 1. The van der Waals surface area contributed by atoms with Crippen LogP contribution in [0.4, 0.5) is 0 Å². The van der Waals surface area contributed by atoms with Crippen molar-refractivity contribution in [3.63, 3.8) is 0 Å². The summed E-state index contributed by atoms with van der Waals surface area (Å²) in [6, 6.07) is 3.72. The molecule has 0 bridgehead atoms. The Morgan fingerprint density at radius 2 is 2.21 bits per heavy atom. The molecule has 0 unspecified atom stereocenters. The maximum atomic E-state index is 11.0. The standard InChI is InChI=1S/C11H13NOS/c1-9(13)11-7-6-10(14-11)5-4-8-12(2)3/h6-7H,8H2,1-3H3. The molecule has 0 saturated carbocycles. The average molecular weight is 207 g/mol. The highest BCUT2D eigenvalue weighted by Gasteiger charge is 2.01. The number of carbonyl (C=O) groups is 1. The highest BCUT2D eigenvalue weighted by molar-refractivity contribution is 7.14. The van der Waals surface area contributed by atoms with Crippen molar-refractivity contribution in [2.24, 2.45) is 0 Å². The summed E-state index contributed by atoms with van der Waals surface area (Å²) in [5.74, 6) is 6.16. The second-order valence-corrected chi connectivity index (χ2v) is 4.34. The highest BCUT2D eigenvalue weighted by Crippen LogP contribution is 2.15. The lowest BCUT2D eigenvalue weighted by atomic mass is 10.3. The predicted molar refractivity (Wildman–Crippen MR) is 59.8 cm³/mol. The Morgan fingerprint density at radius 1 is 1.50 bits per heavy atom. The zero-order chi connectivity index (χ0) is 10.6. The van der Waals surface area contributed by atoms with Crippen molar-refractivity contribution in [1.29, 1.82) is 0 Å². The third-order valence-corrected chi connectivity index (χ3v) is 2.66. The van der Waals surface area contributed by atoms with Crippen molar-refractivity contribution in [3.05, 3.63) is 21.9 Å². The van der Waals surface area contributed by atoms with E-state index in [4.69, 9.17) is 0 Å². The summed E-state index contributed by atoms with van der Waals surface area (Å²) in [6.07, 6.45) is 0. The van der Waals surface area contributed by atoms with E-state index in [1.807, 2.05) is 31.1 Å². The van der Waals surface area contributed by atoms with Gasteiger partial charge in [0.25, 0.3) is 0 Å². The molecule has 0 aliphatic rings. The van der Waals surface area contributed by atoms with Crippen LogP contribution in [0.5, 0.6) is 0 Å². The molecule has 1 heterocycles. The van der Waals surface area contributed by atoms with Crippen LogP contribution in [0.15, 0.2) is 12.1 Å². The van der Waals surface area contributed by atoms with Gasteiger partial charge in [-0.25, -0.2) is 0 Å². The maximum absolute atomic E-state index is 11.0. The molecule has 1 aromatic heterocycles. The molecule has 0 amide bonds. The van der Waals surface area contributed by atoms with Gasteiger partial charge in [-0.05, 0) is 33.2 Å². The molecule has 0 saturated heterocycles. The van der Waals surface area contributed by atoms with Crippen LogP contribution >= 0.6 is 11.3 Å². The first-order valence-corrected chi connectivity index (χ1v) is 5.15. The van der Waals surface area contributed by atoms with E-state index < -0.39 is 0 Å². The topological polar surface area (TPSA) is 20.3 Å². The smallest absolute Gasteiger partial charge is 0.169 e. The lowest BCUT2D eigenvalue weighted by Gasteiger charge is -2.00. The van der Waals surface area contributed by atoms with Crippen molar-refractivity contribution >= 4 is 17.1 Å². The summed E-state index contributed by atoms with van der Waals surface area (Å²) in [5.41, 5.74) is 0. The third kappa shape index (κ3) is 3.33. The van der Waals surface area contributed by atoms with Crippen LogP contribution in [-0.2, 0) is 0 Å². The Labute approximate surface area is 88.5 Å². The van der Waals surface area contributed by atoms with Crippen LogP contribution in [0, 0.1) is 11.8 Å². The minimum absolute atomic E-state index is 0.107. The lowest BCUT2D eigenvalue weighted by Crippen LogP contribution is -2.10. The largest absolute Gasteiger partial charge is 0.299 e. The summed E-state index contributed by atoms with van der Waals surface area (Å²) in [7, 11) is 3.95. The van der Waals surface area contributed by atoms with E-state index in [1.165, 1.54) is 11.3 Å². The summed E-state index contributed by atoms with van der Waals surface area (Å²) < 4.78 is 0. The van der Waals surface area contributed by atoms with Crippen LogP contribution in [0.3, 0.4) is 0 Å². The minimum atomic E-state index is 0.107. The van der Waals surface area contributed by atoms with E-state index in [0.717, 1.165) is 16.3 Å². The average Bonchev–Trinajstić information content (AvgIpc) is 2.52. The monoisotopic (exact) mass is 207 g/mol. The lowest BCUT2D eigenvalue weighted by molar-refractivity contribution is 0.102. The molecule has 0 fully saturated rings. The quantitative estimate of drug-likeness (QED) is 0.545. The number of rotatable bonds is 2. The molecule has 0 aromatic carbocycles. The number of nitrogens with zero attached hydrogens (tertiary/aromatic N) is 1. The zero-order valence-corrected chi connectivity index (χ0v) is 9.44. The molecule has 74 valence electrons. The van der Waals surface area contributed by atoms with Gasteiger partial charge in [0, 0.05) is 0 Å². The van der Waals surface area contributed by atoms with Gasteiger partial charge in [-0.3, -0.25) is 9.69 Å². The molecule has 1 rings (SSSR count). The van der Waals surface area contributed by atoms with Gasteiger partial charge < -0.3 is 0 Å². The van der Waals surface area contributed by atoms with E-state index in [1.54, 1.807) is 6.92 Å². The number of hydrogen-bond acceptors (Lipinski definition) is 3. The van der Waals surface area contributed by atoms with Gasteiger partial charge >= 0.3 is 0 Å². The van der Waals surface area contributed by atoms with Gasteiger partial charge in [-0.15, -0.1) is 11.3 Å². The first-order valence-electron chi connectivity index (χ1n) is 4.34. The zero-order valence-electron chi connectivity index (χ0n) is 8.63. The summed E-state index contributed by atoms with van der Waals surface area (Å²) in [5, 5.41) is 0. The Balaban J connectivity index is 2.67. The van der Waals surface area contributed by atoms with Gasteiger partial charge in [0.1, 0.15) is 0 Å². The van der Waals surface area contributed by atoms with E-state index >= 15 is 0 Å². The van der Waals surface area contributed by atoms with Crippen molar-refractivity contribution in [3.8, 4) is 11.8 Å². The van der Waals surface area contributed by atoms with Crippen LogP contribution in [0.25, 0.3) is 0 Å². The molecule has 0 radical (unpaired) electrons. The van der Waals surface area contributed by atoms with E-state index in [-0.39, 0.29) is 5.78 Å². The second-order valence-electron chi connectivity index (χ2n) is 3.26. The molecule has 0 aliphatic heterocycles. The molecule has 1 aromatic rings. The van der Waals surface area contributed by atoms with Crippen LogP contribution in [-0.4, -0.2) is 31.3 Å². The summed E-state index contributed by atoms with van der Waals surface area (Å²) in [4.78, 5) is 14.7. The maximum Gasteiger partial charge on any atom is 0.169 e. The fourth-order valence-corrected chi connectivity index (χ4v) is 1.66. The molecule has 0 aliphatic carbocycles. The molecule has 0 atom stereocenters. The van der Waals surface area contributed by atoms with Crippen molar-refractivity contribution in [1.82, 2.24) is 4.90 Å². The first kappa shape index (κ1) is 11.0. The van der Waals surface area contributed by atoms with E-state index in [9.17, 15) is 4.79 Å². The summed E-state index contributed by atoms with van der Waals surface area (Å²) in [6.45, 7) is 2.32. The van der Waals surface area contributed by atoms with E-state index in [0.29, 0.717) is 0 Å². The van der Waals surface area contributed by atoms with Crippen LogP contribution in [0.2, 0.25) is 0 Å². The van der Waals surface area contributed by atoms with E-state index in [2.05, 4.69) is 11.8 Å². The van der Waals surface area contributed by atoms with Gasteiger partial charge in [0.2, 0.25) is 0 Å². The molecule has 0 N–H and O–H groups in total. The van der Waals surface area contributed by atoms with Crippen LogP contribution in [0.1, 0.15) is 21.5 Å². The minimum Gasteiger partial charge on any atom is -0.299 e. The number of ketones is 1. The number of thiophene rings is 1. The third-order valence-electron chi connectivity index (χ3n) is 1.56. The molecular weight excluding hydrogens is 194 g/mol. The fraction of sp³-hybridized carbons (Fsp3) is 0.364. The molecular formula is C11H13NOS. The van der Waals surface area contributed by atoms with Gasteiger partial charge in [-0.2, -0.15) is 0 Å². The Bertz CT molecular complexity index is 381. The SMILES string of the molecule is CC(=O)c1ccc(C#CCN(C)C)s1. The Kier molecular flexibility index (Phi) is 3.87.